The fourth-order valence-electron chi connectivity index (χ4n) is 2.66. The highest BCUT2D eigenvalue weighted by molar-refractivity contribution is 6.35. The summed E-state index contributed by atoms with van der Waals surface area (Å²) in [6.07, 6.45) is 1.42. The SMILES string of the molecule is CN1C(=O)C(=Cc2ccccc2OCc2ccc(Cl)cc2Cl)C(=O)N(C)C1=O. The number of hydrogen-bond acceptors (Lipinski definition) is 4. The van der Waals surface area contributed by atoms with Gasteiger partial charge in [0.05, 0.1) is 0 Å². The number of urea groups is 1. The molecule has 0 unspecified atom stereocenters. The molecule has 8 heteroatoms. The van der Waals surface area contributed by atoms with Crippen molar-refractivity contribution in [2.75, 3.05) is 14.1 Å². The zero-order chi connectivity index (χ0) is 20.4. The molecule has 0 aromatic heterocycles. The van der Waals surface area contributed by atoms with Crippen molar-refractivity contribution in [3.05, 3.63) is 69.2 Å². The highest BCUT2D eigenvalue weighted by Gasteiger charge is 2.37. The van der Waals surface area contributed by atoms with Gasteiger partial charge >= 0.3 is 6.03 Å². The van der Waals surface area contributed by atoms with E-state index >= 15 is 0 Å². The van der Waals surface area contributed by atoms with E-state index in [9.17, 15) is 14.4 Å². The number of carbonyl (C=O) groups excluding carboxylic acids is 3. The second-order valence-electron chi connectivity index (χ2n) is 6.13. The van der Waals surface area contributed by atoms with E-state index in [1.54, 1.807) is 42.5 Å². The van der Waals surface area contributed by atoms with Crippen LogP contribution in [0.5, 0.6) is 5.75 Å². The summed E-state index contributed by atoms with van der Waals surface area (Å²) in [6, 6.07) is 11.4. The number of imide groups is 2. The van der Waals surface area contributed by atoms with Crippen LogP contribution >= 0.6 is 23.2 Å². The van der Waals surface area contributed by atoms with E-state index in [1.165, 1.54) is 20.2 Å². The number of benzene rings is 2. The van der Waals surface area contributed by atoms with Gasteiger partial charge in [0, 0.05) is 35.3 Å². The van der Waals surface area contributed by atoms with E-state index < -0.39 is 17.8 Å². The normalized spacial score (nSPS) is 14.6. The highest BCUT2D eigenvalue weighted by Crippen LogP contribution is 2.27. The third-order valence-corrected chi connectivity index (χ3v) is 4.85. The molecule has 1 saturated heterocycles. The molecular weight excluding hydrogens is 403 g/mol. The van der Waals surface area contributed by atoms with E-state index in [0.29, 0.717) is 21.4 Å². The molecule has 4 amide bonds. The molecule has 0 radical (unpaired) electrons. The van der Waals surface area contributed by atoms with Crippen molar-refractivity contribution in [1.29, 1.82) is 0 Å². The third kappa shape index (κ3) is 3.88. The van der Waals surface area contributed by atoms with Crippen molar-refractivity contribution in [2.24, 2.45) is 0 Å². The van der Waals surface area contributed by atoms with Gasteiger partial charge in [0.15, 0.2) is 0 Å². The summed E-state index contributed by atoms with van der Waals surface area (Å²) < 4.78 is 5.84. The Morgan fingerprint density at radius 2 is 1.61 bits per heavy atom. The fraction of sp³-hybridized carbons (Fsp3) is 0.150. The Hall–Kier alpha value is -2.83. The number of likely N-dealkylation sites (N-methyl/N-ethyl adjacent to an activating group) is 2. The van der Waals surface area contributed by atoms with Gasteiger partial charge in [-0.1, -0.05) is 47.5 Å². The number of ether oxygens (including phenoxy) is 1. The fourth-order valence-corrected chi connectivity index (χ4v) is 3.12. The summed E-state index contributed by atoms with van der Waals surface area (Å²) in [5, 5.41) is 0.999. The molecule has 2 aromatic rings. The quantitative estimate of drug-likeness (QED) is 0.555. The molecule has 1 aliphatic rings. The Morgan fingerprint density at radius 3 is 2.25 bits per heavy atom. The molecule has 0 N–H and O–H groups in total. The molecule has 28 heavy (non-hydrogen) atoms. The van der Waals surface area contributed by atoms with Gasteiger partial charge in [0.25, 0.3) is 11.8 Å². The Morgan fingerprint density at radius 1 is 0.964 bits per heavy atom. The van der Waals surface area contributed by atoms with E-state index in [-0.39, 0.29) is 12.2 Å². The van der Waals surface area contributed by atoms with Crippen molar-refractivity contribution < 1.29 is 19.1 Å². The summed E-state index contributed by atoms with van der Waals surface area (Å²) in [7, 11) is 2.65. The largest absolute Gasteiger partial charge is 0.488 e. The van der Waals surface area contributed by atoms with Gasteiger partial charge in [-0.25, -0.2) is 4.79 Å². The number of para-hydroxylation sites is 1. The minimum Gasteiger partial charge on any atom is -0.488 e. The second kappa shape index (κ2) is 8.04. The lowest BCUT2D eigenvalue weighted by atomic mass is 10.1. The number of amides is 4. The van der Waals surface area contributed by atoms with Gasteiger partial charge in [-0.15, -0.1) is 0 Å². The van der Waals surface area contributed by atoms with Crippen molar-refractivity contribution in [3.8, 4) is 5.75 Å². The summed E-state index contributed by atoms with van der Waals surface area (Å²) in [4.78, 5) is 38.4. The van der Waals surface area contributed by atoms with E-state index in [1.807, 2.05) is 0 Å². The van der Waals surface area contributed by atoms with Gasteiger partial charge in [-0.2, -0.15) is 0 Å². The first-order valence-corrected chi connectivity index (χ1v) is 9.02. The molecule has 1 fully saturated rings. The number of barbiturate groups is 1. The van der Waals surface area contributed by atoms with Crippen molar-refractivity contribution >= 4 is 47.1 Å². The summed E-state index contributed by atoms with van der Waals surface area (Å²) in [5.41, 5.74) is 1.15. The molecule has 0 saturated carbocycles. The molecule has 1 heterocycles. The smallest absolute Gasteiger partial charge is 0.333 e. The Balaban J connectivity index is 1.89. The minimum atomic E-state index is -0.672. The average Bonchev–Trinajstić information content (AvgIpc) is 2.68. The summed E-state index contributed by atoms with van der Waals surface area (Å²) in [6.45, 7) is 0.177. The third-order valence-electron chi connectivity index (χ3n) is 4.26. The monoisotopic (exact) mass is 418 g/mol. The standard InChI is InChI=1S/C20H16Cl2N2O4/c1-23-18(25)15(19(26)24(2)20(23)27)9-12-5-3-4-6-17(12)28-11-13-7-8-14(21)10-16(13)22/h3-10H,11H2,1-2H3. The van der Waals surface area contributed by atoms with Crippen LogP contribution in [0.25, 0.3) is 6.08 Å². The molecule has 0 bridgehead atoms. The number of carbonyl (C=O) groups is 3. The topological polar surface area (TPSA) is 66.9 Å². The van der Waals surface area contributed by atoms with Gasteiger partial charge < -0.3 is 4.74 Å². The van der Waals surface area contributed by atoms with Crippen LogP contribution in [0.4, 0.5) is 4.79 Å². The maximum Gasteiger partial charge on any atom is 0.333 e. The maximum atomic E-state index is 12.4. The van der Waals surface area contributed by atoms with Gasteiger partial charge in [-0.05, 0) is 24.3 Å². The molecular formula is C20H16Cl2N2O4. The predicted octanol–water partition coefficient (Wildman–Crippen LogP) is 4.01. The van der Waals surface area contributed by atoms with E-state index in [2.05, 4.69) is 0 Å². The number of nitrogens with zero attached hydrogens (tertiary/aromatic N) is 2. The van der Waals surface area contributed by atoms with Crippen molar-refractivity contribution in [3.63, 3.8) is 0 Å². The number of rotatable bonds is 4. The molecule has 1 aliphatic heterocycles. The molecule has 0 spiro atoms. The number of hydrogen-bond donors (Lipinski definition) is 0. The van der Waals surface area contributed by atoms with Crippen molar-refractivity contribution in [1.82, 2.24) is 9.80 Å². The molecule has 6 nitrogen and oxygen atoms in total. The minimum absolute atomic E-state index is 0.120. The first-order chi connectivity index (χ1) is 13.3. The first-order valence-electron chi connectivity index (χ1n) is 8.27. The molecule has 0 atom stereocenters. The highest BCUT2D eigenvalue weighted by atomic mass is 35.5. The van der Waals surface area contributed by atoms with Gasteiger partial charge in [0.2, 0.25) is 0 Å². The Bertz CT molecular complexity index is 977. The maximum absolute atomic E-state index is 12.4. The predicted molar refractivity (Wildman–Crippen MR) is 106 cm³/mol. The van der Waals surface area contributed by atoms with Crippen molar-refractivity contribution in [2.45, 2.75) is 6.61 Å². The lowest BCUT2D eigenvalue weighted by molar-refractivity contribution is -0.134. The first kappa shape index (κ1) is 19.9. The molecule has 2 aromatic carbocycles. The Kier molecular flexibility index (Phi) is 5.72. The number of halogens is 2. The second-order valence-corrected chi connectivity index (χ2v) is 6.97. The summed E-state index contributed by atoms with van der Waals surface area (Å²) in [5.74, 6) is -0.865. The summed E-state index contributed by atoms with van der Waals surface area (Å²) >= 11 is 12.1. The van der Waals surface area contributed by atoms with E-state index in [4.69, 9.17) is 27.9 Å². The van der Waals surface area contributed by atoms with Crippen LogP contribution in [0.3, 0.4) is 0 Å². The molecule has 0 aliphatic carbocycles. The van der Waals surface area contributed by atoms with Gasteiger partial charge in [0.1, 0.15) is 17.9 Å². The van der Waals surface area contributed by atoms with Crippen LogP contribution in [0, 0.1) is 0 Å². The van der Waals surface area contributed by atoms with Crippen LogP contribution in [0.15, 0.2) is 48.0 Å². The van der Waals surface area contributed by atoms with E-state index in [0.717, 1.165) is 15.4 Å². The molecule has 144 valence electrons. The van der Waals surface area contributed by atoms with Crippen LogP contribution in [-0.4, -0.2) is 41.7 Å². The molecule has 3 rings (SSSR count). The van der Waals surface area contributed by atoms with Crippen LogP contribution in [0.2, 0.25) is 10.0 Å². The van der Waals surface area contributed by atoms with Crippen LogP contribution in [0.1, 0.15) is 11.1 Å². The van der Waals surface area contributed by atoms with Crippen LogP contribution in [-0.2, 0) is 16.2 Å². The van der Waals surface area contributed by atoms with Crippen LogP contribution < -0.4 is 4.74 Å². The zero-order valence-electron chi connectivity index (χ0n) is 15.1. The average molecular weight is 419 g/mol. The lowest BCUT2D eigenvalue weighted by Crippen LogP contribution is -2.52. The zero-order valence-corrected chi connectivity index (χ0v) is 16.6. The van der Waals surface area contributed by atoms with Gasteiger partial charge in [-0.3, -0.25) is 19.4 Å². The Labute approximate surface area is 171 Å². The lowest BCUT2D eigenvalue weighted by Gasteiger charge is -2.29.